The summed E-state index contributed by atoms with van der Waals surface area (Å²) in [7, 11) is -0.865. The lowest BCUT2D eigenvalue weighted by Crippen LogP contribution is -2.22. The van der Waals surface area contributed by atoms with E-state index in [4.69, 9.17) is 13.9 Å². The summed E-state index contributed by atoms with van der Waals surface area (Å²) < 4.78 is 93.1. The van der Waals surface area contributed by atoms with Crippen LogP contribution in [0.1, 0.15) is 49.8 Å². The lowest BCUT2D eigenvalue weighted by molar-refractivity contribution is -0.243. The van der Waals surface area contributed by atoms with Gasteiger partial charge >= 0.3 is 12.4 Å². The van der Waals surface area contributed by atoms with E-state index in [0.717, 1.165) is 24.6 Å². The van der Waals surface area contributed by atoms with Crippen molar-refractivity contribution in [2.75, 3.05) is 13.2 Å². The molecule has 0 bridgehead atoms. The summed E-state index contributed by atoms with van der Waals surface area (Å²) in [6.07, 6.45) is -7.46. The Morgan fingerprint density at radius 3 is 1.82 bits per heavy atom. The lowest BCUT2D eigenvalue weighted by atomic mass is 10.0. The maximum atomic E-state index is 12.8. The van der Waals surface area contributed by atoms with Crippen LogP contribution in [0.4, 0.5) is 26.3 Å². The highest BCUT2D eigenvalue weighted by Crippen LogP contribution is 2.36. The highest BCUT2D eigenvalue weighted by atomic mass is 28.2. The molecular formula is C18H26F6O3Si. The molecule has 0 aromatic heterocycles. The van der Waals surface area contributed by atoms with Crippen LogP contribution in [0.2, 0.25) is 6.04 Å². The molecule has 0 aliphatic rings. The van der Waals surface area contributed by atoms with Crippen molar-refractivity contribution in [3.63, 3.8) is 0 Å². The fraction of sp³-hybridized carbons (Fsp3) is 0.667. The third-order valence-electron chi connectivity index (χ3n) is 3.87. The van der Waals surface area contributed by atoms with Crippen molar-refractivity contribution >= 4 is 9.76 Å². The van der Waals surface area contributed by atoms with Gasteiger partial charge < -0.3 is 13.9 Å². The maximum absolute atomic E-state index is 12.8. The molecule has 0 N–H and O–H groups in total. The summed E-state index contributed by atoms with van der Waals surface area (Å²) >= 11 is 0. The Balaban J connectivity index is 2.46. The van der Waals surface area contributed by atoms with Crippen LogP contribution in [-0.4, -0.2) is 29.5 Å². The van der Waals surface area contributed by atoms with Gasteiger partial charge in [-0.05, 0) is 56.5 Å². The molecule has 1 aromatic rings. The van der Waals surface area contributed by atoms with Crippen LogP contribution >= 0.6 is 0 Å². The fourth-order valence-corrected chi connectivity index (χ4v) is 3.65. The minimum Gasteiger partial charge on any atom is -0.379 e. The lowest BCUT2D eigenvalue weighted by Gasteiger charge is -2.17. The number of alkyl halides is 6. The summed E-state index contributed by atoms with van der Waals surface area (Å²) in [5.74, 6) is 0. The van der Waals surface area contributed by atoms with Crippen LogP contribution in [0.5, 0.6) is 0 Å². The van der Waals surface area contributed by atoms with Gasteiger partial charge in [0, 0.05) is 13.2 Å². The van der Waals surface area contributed by atoms with Crippen molar-refractivity contribution in [3.05, 3.63) is 34.9 Å². The molecule has 0 saturated carbocycles. The smallest absolute Gasteiger partial charge is 0.379 e. The second kappa shape index (κ2) is 11.8. The number of hydrogen-bond donors (Lipinski definition) is 0. The Labute approximate surface area is 163 Å². The SMILES string of the molecule is CCOC(OCC)O[SiH2]CCCCCc1cc(C(F)(F)F)cc(C(F)(F)F)c1. The molecule has 1 aromatic carbocycles. The van der Waals surface area contributed by atoms with Gasteiger partial charge in [-0.15, -0.1) is 0 Å². The van der Waals surface area contributed by atoms with Crippen LogP contribution in [0.25, 0.3) is 0 Å². The van der Waals surface area contributed by atoms with E-state index in [1.165, 1.54) is 0 Å². The van der Waals surface area contributed by atoms with Gasteiger partial charge in [0.15, 0.2) is 9.76 Å². The first-order valence-electron chi connectivity index (χ1n) is 9.21. The molecule has 0 fully saturated rings. The molecule has 0 aliphatic carbocycles. The second-order valence-electron chi connectivity index (χ2n) is 6.15. The van der Waals surface area contributed by atoms with E-state index < -0.39 is 39.7 Å². The normalized spacial score (nSPS) is 13.2. The number of rotatable bonds is 12. The van der Waals surface area contributed by atoms with Gasteiger partial charge in [-0.25, -0.2) is 0 Å². The molecule has 0 heterocycles. The first-order chi connectivity index (χ1) is 13.1. The van der Waals surface area contributed by atoms with Gasteiger partial charge in [0.1, 0.15) is 0 Å². The van der Waals surface area contributed by atoms with Crippen LogP contribution in [-0.2, 0) is 32.7 Å². The second-order valence-corrected chi connectivity index (χ2v) is 7.60. The third-order valence-corrected chi connectivity index (χ3v) is 5.16. The van der Waals surface area contributed by atoms with Gasteiger partial charge in [0.05, 0.1) is 11.1 Å². The van der Waals surface area contributed by atoms with Crippen LogP contribution < -0.4 is 0 Å². The zero-order chi connectivity index (χ0) is 21.2. The summed E-state index contributed by atoms with van der Waals surface area (Å²) in [6.45, 7) is 3.93. The predicted octanol–water partition coefficient (Wildman–Crippen LogP) is 5.31. The molecule has 10 heteroatoms. The standard InChI is InChI=1S/C18H26F6O3Si/c1-3-25-16(26-4-2)27-28-9-7-5-6-8-13-10-14(17(19,20)21)12-15(11-13)18(22,23)24/h10-12,16H,3-9,28H2,1-2H3. The van der Waals surface area contributed by atoms with Gasteiger partial charge in [0.2, 0.25) is 0 Å². The summed E-state index contributed by atoms with van der Waals surface area (Å²) in [4.78, 5) is 0. The molecule has 0 aliphatic heterocycles. The number of hydrogen-bond acceptors (Lipinski definition) is 3. The van der Waals surface area contributed by atoms with E-state index in [1.54, 1.807) is 0 Å². The first-order valence-corrected chi connectivity index (χ1v) is 10.8. The zero-order valence-corrected chi connectivity index (χ0v) is 17.4. The Morgan fingerprint density at radius 1 is 0.821 bits per heavy atom. The molecule has 0 atom stereocenters. The molecule has 28 heavy (non-hydrogen) atoms. The van der Waals surface area contributed by atoms with E-state index in [-0.39, 0.29) is 18.1 Å². The summed E-state index contributed by atoms with van der Waals surface area (Å²) in [5, 5.41) is 0. The Bertz CT molecular complexity index is 539. The third kappa shape index (κ3) is 9.40. The average molecular weight is 432 g/mol. The summed E-state index contributed by atoms with van der Waals surface area (Å²) in [6, 6.07) is 2.57. The number of benzene rings is 1. The Kier molecular flexibility index (Phi) is 10.5. The van der Waals surface area contributed by atoms with Crippen molar-refractivity contribution in [1.29, 1.82) is 0 Å². The quantitative estimate of drug-likeness (QED) is 0.194. The van der Waals surface area contributed by atoms with Gasteiger partial charge in [-0.1, -0.05) is 12.8 Å². The zero-order valence-electron chi connectivity index (χ0n) is 16.0. The molecule has 0 radical (unpaired) electrons. The highest BCUT2D eigenvalue weighted by molar-refractivity contribution is 6.27. The Morgan fingerprint density at radius 2 is 1.36 bits per heavy atom. The topological polar surface area (TPSA) is 27.7 Å². The Hall–Kier alpha value is -1.10. The minimum absolute atomic E-state index is 0.0448. The average Bonchev–Trinajstić information content (AvgIpc) is 2.59. The predicted molar refractivity (Wildman–Crippen MR) is 95.5 cm³/mol. The molecule has 0 unspecified atom stereocenters. The molecule has 3 nitrogen and oxygen atoms in total. The molecule has 0 saturated heterocycles. The monoisotopic (exact) mass is 432 g/mol. The van der Waals surface area contributed by atoms with E-state index in [9.17, 15) is 26.3 Å². The number of unbranched alkanes of at least 4 members (excludes halogenated alkanes) is 2. The summed E-state index contributed by atoms with van der Waals surface area (Å²) in [5.41, 5.74) is -2.49. The van der Waals surface area contributed by atoms with Crippen LogP contribution in [0.3, 0.4) is 0 Å². The van der Waals surface area contributed by atoms with E-state index in [1.807, 2.05) is 13.8 Å². The largest absolute Gasteiger partial charge is 0.416 e. The van der Waals surface area contributed by atoms with Gasteiger partial charge in [-0.2, -0.15) is 26.3 Å². The first kappa shape index (κ1) is 24.9. The van der Waals surface area contributed by atoms with Crippen molar-refractivity contribution in [2.24, 2.45) is 0 Å². The van der Waals surface area contributed by atoms with E-state index in [0.29, 0.717) is 26.1 Å². The number of ether oxygens (including phenoxy) is 2. The molecular weight excluding hydrogens is 406 g/mol. The van der Waals surface area contributed by atoms with E-state index >= 15 is 0 Å². The highest BCUT2D eigenvalue weighted by Gasteiger charge is 2.36. The number of aryl methyl sites for hydroxylation is 1. The minimum atomic E-state index is -4.81. The maximum Gasteiger partial charge on any atom is 0.416 e. The van der Waals surface area contributed by atoms with Crippen LogP contribution in [0.15, 0.2) is 18.2 Å². The van der Waals surface area contributed by atoms with Gasteiger partial charge in [0.25, 0.3) is 6.48 Å². The van der Waals surface area contributed by atoms with Crippen molar-refractivity contribution in [1.82, 2.24) is 0 Å². The molecule has 0 amide bonds. The van der Waals surface area contributed by atoms with Crippen LogP contribution in [0, 0.1) is 0 Å². The number of halogens is 6. The van der Waals surface area contributed by atoms with Crippen molar-refractivity contribution in [2.45, 2.75) is 64.4 Å². The fourth-order valence-electron chi connectivity index (χ4n) is 2.54. The molecule has 0 spiro atoms. The molecule has 1 rings (SSSR count). The van der Waals surface area contributed by atoms with Crippen molar-refractivity contribution < 1.29 is 40.2 Å². The van der Waals surface area contributed by atoms with E-state index in [2.05, 4.69) is 0 Å². The van der Waals surface area contributed by atoms with Gasteiger partial charge in [-0.3, -0.25) is 0 Å². The molecule has 162 valence electrons. The van der Waals surface area contributed by atoms with Crippen molar-refractivity contribution in [3.8, 4) is 0 Å².